The number of carbonyl (C=O) groups excluding carboxylic acids is 2. The third-order valence-corrected chi connectivity index (χ3v) is 3.36. The molecule has 1 aliphatic rings. The third-order valence-electron chi connectivity index (χ3n) is 2.28. The minimum atomic E-state index is -0.472. The maximum absolute atomic E-state index is 11.3. The number of hydrogen-bond donors (Lipinski definition) is 3. The van der Waals surface area contributed by atoms with Crippen molar-refractivity contribution in [2.45, 2.75) is 38.5 Å². The molecular formula is C11H21N3O3S. The first-order valence-corrected chi connectivity index (χ1v) is 7.05. The van der Waals surface area contributed by atoms with Crippen LogP contribution in [0.15, 0.2) is 0 Å². The van der Waals surface area contributed by atoms with Crippen LogP contribution in [0.4, 0.5) is 4.79 Å². The van der Waals surface area contributed by atoms with Crippen molar-refractivity contribution in [3.8, 4) is 0 Å². The van der Waals surface area contributed by atoms with Crippen LogP contribution in [0.25, 0.3) is 0 Å². The van der Waals surface area contributed by atoms with Crippen LogP contribution in [0, 0.1) is 0 Å². The molecule has 1 aliphatic heterocycles. The number of β-lactam (4-membered cyclic amide) rings is 1. The molecule has 0 saturated carbocycles. The molecule has 2 unspecified atom stereocenters. The van der Waals surface area contributed by atoms with Gasteiger partial charge < -0.3 is 21.1 Å². The molecule has 2 amide bonds. The fourth-order valence-electron chi connectivity index (χ4n) is 1.35. The molecular weight excluding hydrogens is 254 g/mol. The van der Waals surface area contributed by atoms with E-state index < -0.39 is 11.7 Å². The van der Waals surface area contributed by atoms with Gasteiger partial charge in [-0.05, 0) is 20.8 Å². The lowest BCUT2D eigenvalue weighted by Gasteiger charge is -2.33. The van der Waals surface area contributed by atoms with E-state index in [0.29, 0.717) is 6.54 Å². The first-order chi connectivity index (χ1) is 8.29. The Morgan fingerprint density at radius 1 is 1.56 bits per heavy atom. The second-order valence-corrected chi connectivity index (χ2v) is 6.29. The van der Waals surface area contributed by atoms with Gasteiger partial charge in [-0.3, -0.25) is 4.79 Å². The van der Waals surface area contributed by atoms with E-state index in [0.717, 1.165) is 11.5 Å². The maximum atomic E-state index is 11.3. The number of nitrogens with one attached hydrogen (secondary N) is 2. The van der Waals surface area contributed by atoms with Crippen LogP contribution in [-0.2, 0) is 9.53 Å². The van der Waals surface area contributed by atoms with Crippen molar-refractivity contribution in [3.05, 3.63) is 0 Å². The molecule has 0 aromatic carbocycles. The molecule has 1 saturated heterocycles. The van der Waals surface area contributed by atoms with Crippen molar-refractivity contribution in [1.29, 1.82) is 0 Å². The van der Waals surface area contributed by atoms with Gasteiger partial charge in [-0.15, -0.1) is 0 Å². The normalized spacial score (nSPS) is 23.0. The van der Waals surface area contributed by atoms with Gasteiger partial charge in [0.15, 0.2) is 0 Å². The topological polar surface area (TPSA) is 93.5 Å². The zero-order chi connectivity index (χ0) is 13.8. The van der Waals surface area contributed by atoms with Gasteiger partial charge in [0.1, 0.15) is 11.6 Å². The molecule has 18 heavy (non-hydrogen) atoms. The third kappa shape index (κ3) is 5.14. The lowest BCUT2D eigenvalue weighted by atomic mass is 10.0. The summed E-state index contributed by atoms with van der Waals surface area (Å²) < 4.78 is 5.09. The monoisotopic (exact) mass is 275 g/mol. The second-order valence-electron chi connectivity index (χ2n) is 5.14. The Bertz CT molecular complexity index is 317. The van der Waals surface area contributed by atoms with Gasteiger partial charge >= 0.3 is 6.09 Å². The summed E-state index contributed by atoms with van der Waals surface area (Å²) >= 11 is 1.64. The van der Waals surface area contributed by atoms with Crippen LogP contribution >= 0.6 is 11.8 Å². The number of nitrogens with two attached hydrogens (primary N) is 1. The molecule has 104 valence electrons. The zero-order valence-corrected chi connectivity index (χ0v) is 11.8. The second kappa shape index (κ2) is 6.29. The molecule has 0 spiro atoms. The number of rotatable bonds is 5. The maximum Gasteiger partial charge on any atom is 0.407 e. The van der Waals surface area contributed by atoms with E-state index in [4.69, 9.17) is 10.5 Å². The molecule has 0 radical (unpaired) electrons. The predicted octanol–water partition coefficient (Wildman–Crippen LogP) is 0.0700. The van der Waals surface area contributed by atoms with Gasteiger partial charge in [0, 0.05) is 18.1 Å². The molecule has 7 heteroatoms. The van der Waals surface area contributed by atoms with Crippen LogP contribution in [-0.4, -0.2) is 47.7 Å². The quantitative estimate of drug-likeness (QED) is 0.488. The minimum Gasteiger partial charge on any atom is -0.444 e. The summed E-state index contributed by atoms with van der Waals surface area (Å²) in [6.07, 6.45) is -0.406. The molecule has 4 N–H and O–H groups in total. The molecule has 0 aromatic rings. The van der Waals surface area contributed by atoms with Crippen LogP contribution < -0.4 is 16.4 Å². The first-order valence-electron chi connectivity index (χ1n) is 5.90. The Morgan fingerprint density at radius 2 is 2.22 bits per heavy atom. The Labute approximate surface area is 111 Å². The van der Waals surface area contributed by atoms with Crippen molar-refractivity contribution < 1.29 is 14.3 Å². The SMILES string of the molecule is CC(C)(C)OC(=O)NCCSCC1NC(=O)C1N. The number of ether oxygens (including phenoxy) is 1. The smallest absolute Gasteiger partial charge is 0.407 e. The summed E-state index contributed by atoms with van der Waals surface area (Å²) in [5, 5.41) is 5.39. The molecule has 0 aromatic heterocycles. The molecule has 1 heterocycles. The van der Waals surface area contributed by atoms with Crippen molar-refractivity contribution in [1.82, 2.24) is 10.6 Å². The highest BCUT2D eigenvalue weighted by Gasteiger charge is 2.35. The fraction of sp³-hybridized carbons (Fsp3) is 0.818. The summed E-state index contributed by atoms with van der Waals surface area (Å²) in [5.41, 5.74) is 5.11. The lowest BCUT2D eigenvalue weighted by Crippen LogP contribution is -2.67. The van der Waals surface area contributed by atoms with Crippen LogP contribution in [0.2, 0.25) is 0 Å². The van der Waals surface area contributed by atoms with E-state index in [1.807, 2.05) is 20.8 Å². The Morgan fingerprint density at radius 3 is 2.72 bits per heavy atom. The fourth-order valence-corrected chi connectivity index (χ4v) is 2.31. The van der Waals surface area contributed by atoms with Gasteiger partial charge in [-0.25, -0.2) is 4.79 Å². The molecule has 1 rings (SSSR count). The molecule has 6 nitrogen and oxygen atoms in total. The van der Waals surface area contributed by atoms with Crippen molar-refractivity contribution in [2.75, 3.05) is 18.1 Å². The van der Waals surface area contributed by atoms with Gasteiger partial charge in [0.2, 0.25) is 5.91 Å². The summed E-state index contributed by atoms with van der Waals surface area (Å²) in [5.74, 6) is 1.44. The molecule has 0 aliphatic carbocycles. The highest BCUT2D eigenvalue weighted by molar-refractivity contribution is 7.99. The summed E-state index contributed by atoms with van der Waals surface area (Å²) in [4.78, 5) is 22.1. The van der Waals surface area contributed by atoms with Crippen molar-refractivity contribution >= 4 is 23.8 Å². The molecule has 0 bridgehead atoms. The van der Waals surface area contributed by atoms with Gasteiger partial charge in [0.25, 0.3) is 0 Å². The zero-order valence-electron chi connectivity index (χ0n) is 11.0. The van der Waals surface area contributed by atoms with Crippen LogP contribution in [0.1, 0.15) is 20.8 Å². The van der Waals surface area contributed by atoms with Crippen molar-refractivity contribution in [3.63, 3.8) is 0 Å². The number of hydrogen-bond acceptors (Lipinski definition) is 5. The Kier molecular flexibility index (Phi) is 5.28. The van der Waals surface area contributed by atoms with Crippen molar-refractivity contribution in [2.24, 2.45) is 5.73 Å². The predicted molar refractivity (Wildman–Crippen MR) is 71.5 cm³/mol. The summed E-state index contributed by atoms with van der Waals surface area (Å²) in [6.45, 7) is 6.00. The number of carbonyl (C=O) groups is 2. The van der Waals surface area contributed by atoms with E-state index >= 15 is 0 Å². The Hall–Kier alpha value is -0.950. The Balaban J connectivity index is 1.99. The van der Waals surface area contributed by atoms with Gasteiger partial charge in [-0.2, -0.15) is 11.8 Å². The standard InChI is InChI=1S/C11H21N3O3S/c1-11(2,3)17-10(16)13-4-5-18-6-7-8(12)9(15)14-7/h7-8H,4-6,12H2,1-3H3,(H,13,16)(H,14,15). The van der Waals surface area contributed by atoms with Gasteiger partial charge in [-0.1, -0.05) is 0 Å². The van der Waals surface area contributed by atoms with E-state index in [-0.39, 0.29) is 18.0 Å². The van der Waals surface area contributed by atoms with E-state index in [2.05, 4.69) is 10.6 Å². The molecule has 2 atom stereocenters. The highest BCUT2D eigenvalue weighted by atomic mass is 32.2. The molecule has 1 fully saturated rings. The van der Waals surface area contributed by atoms with E-state index in [1.54, 1.807) is 11.8 Å². The van der Waals surface area contributed by atoms with Crippen LogP contribution in [0.5, 0.6) is 0 Å². The highest BCUT2D eigenvalue weighted by Crippen LogP contribution is 2.11. The summed E-state index contributed by atoms with van der Waals surface area (Å²) in [7, 11) is 0. The average molecular weight is 275 g/mol. The van der Waals surface area contributed by atoms with Crippen LogP contribution in [0.3, 0.4) is 0 Å². The summed E-state index contributed by atoms with van der Waals surface area (Å²) in [6, 6.07) is -0.319. The number of alkyl carbamates (subject to hydrolysis) is 1. The van der Waals surface area contributed by atoms with E-state index in [1.165, 1.54) is 0 Å². The largest absolute Gasteiger partial charge is 0.444 e. The lowest BCUT2D eigenvalue weighted by molar-refractivity contribution is -0.129. The van der Waals surface area contributed by atoms with E-state index in [9.17, 15) is 9.59 Å². The number of thioether (sulfide) groups is 1. The number of amides is 2. The first kappa shape index (κ1) is 15.1. The minimum absolute atomic E-state index is 0.0593. The van der Waals surface area contributed by atoms with Gasteiger partial charge in [0.05, 0.1) is 6.04 Å². The average Bonchev–Trinajstić information content (AvgIpc) is 2.24.